The summed E-state index contributed by atoms with van der Waals surface area (Å²) in [6.45, 7) is 4.49. The fourth-order valence-corrected chi connectivity index (χ4v) is 1.86. The number of methoxy groups -OCH3 is 1. The molecule has 1 rings (SSSR count). The van der Waals surface area contributed by atoms with E-state index in [1.54, 1.807) is 13.2 Å². The first-order valence-corrected chi connectivity index (χ1v) is 6.61. The molecule has 1 atom stereocenters. The number of imide groups is 1. The number of nitrogens with one attached hydrogen (secondary N) is 2. The molecule has 0 aliphatic rings. The molecule has 1 unspecified atom stereocenters. The molecule has 0 radical (unpaired) electrons. The average Bonchev–Trinajstić information content (AvgIpc) is 2.44. The van der Waals surface area contributed by atoms with Crippen LogP contribution in [0.25, 0.3) is 0 Å². The number of carbonyl (C=O) groups is 2. The molecule has 0 fully saturated rings. The Balaban J connectivity index is 2.86. The lowest BCUT2D eigenvalue weighted by atomic mass is 10.1. The molecule has 7 nitrogen and oxygen atoms in total. The summed E-state index contributed by atoms with van der Waals surface area (Å²) in [5, 5.41) is 5.21. The topological polar surface area (TPSA) is 103 Å². The lowest BCUT2D eigenvalue weighted by Gasteiger charge is -2.18. The third-order valence-corrected chi connectivity index (χ3v) is 2.82. The van der Waals surface area contributed by atoms with Crippen molar-refractivity contribution in [2.45, 2.75) is 19.9 Å². The maximum atomic E-state index is 11.4. The summed E-state index contributed by atoms with van der Waals surface area (Å²) in [7, 11) is 1.55. The van der Waals surface area contributed by atoms with Gasteiger partial charge in [0, 0.05) is 17.7 Å². The quantitative estimate of drug-likeness (QED) is 0.694. The van der Waals surface area contributed by atoms with Crippen LogP contribution in [0.1, 0.15) is 25.5 Å². The second-order valence-corrected chi connectivity index (χ2v) is 4.38. The SMILES string of the molecule is CCNC(C)c1ccc(OC)cc1OCC(=O)NC(N)=O. The molecule has 4 N–H and O–H groups in total. The monoisotopic (exact) mass is 295 g/mol. The van der Waals surface area contributed by atoms with E-state index in [4.69, 9.17) is 15.2 Å². The van der Waals surface area contributed by atoms with Crippen LogP contribution in [0.2, 0.25) is 0 Å². The average molecular weight is 295 g/mol. The van der Waals surface area contributed by atoms with Crippen molar-refractivity contribution in [3.8, 4) is 11.5 Å². The Kier molecular flexibility index (Phi) is 6.48. The number of carbonyl (C=O) groups excluding carboxylic acids is 2. The van der Waals surface area contributed by atoms with Gasteiger partial charge in [0.1, 0.15) is 11.5 Å². The minimum absolute atomic E-state index is 0.0510. The Morgan fingerprint density at radius 1 is 1.38 bits per heavy atom. The number of ether oxygens (including phenoxy) is 2. The highest BCUT2D eigenvalue weighted by Gasteiger charge is 2.14. The highest BCUT2D eigenvalue weighted by molar-refractivity contribution is 5.94. The Hall–Kier alpha value is -2.28. The first kappa shape index (κ1) is 16.8. The molecular weight excluding hydrogens is 274 g/mol. The fourth-order valence-electron chi connectivity index (χ4n) is 1.86. The van der Waals surface area contributed by atoms with Crippen molar-refractivity contribution in [2.24, 2.45) is 5.73 Å². The normalized spacial score (nSPS) is 11.6. The zero-order valence-corrected chi connectivity index (χ0v) is 12.4. The van der Waals surface area contributed by atoms with Crippen molar-refractivity contribution >= 4 is 11.9 Å². The maximum absolute atomic E-state index is 11.4. The molecule has 0 bridgehead atoms. The van der Waals surface area contributed by atoms with Gasteiger partial charge >= 0.3 is 6.03 Å². The van der Waals surface area contributed by atoms with Crippen LogP contribution in [0.4, 0.5) is 4.79 Å². The molecule has 7 heteroatoms. The predicted molar refractivity (Wildman–Crippen MR) is 78.3 cm³/mol. The van der Waals surface area contributed by atoms with Gasteiger partial charge in [-0.1, -0.05) is 13.0 Å². The molecule has 0 heterocycles. The molecule has 21 heavy (non-hydrogen) atoms. The minimum atomic E-state index is -0.907. The highest BCUT2D eigenvalue weighted by atomic mass is 16.5. The van der Waals surface area contributed by atoms with Gasteiger partial charge in [-0.3, -0.25) is 10.1 Å². The van der Waals surface area contributed by atoms with Gasteiger partial charge in [0.05, 0.1) is 7.11 Å². The van der Waals surface area contributed by atoms with Gasteiger partial charge in [0.25, 0.3) is 5.91 Å². The highest BCUT2D eigenvalue weighted by Crippen LogP contribution is 2.29. The van der Waals surface area contributed by atoms with Crippen molar-refractivity contribution in [3.05, 3.63) is 23.8 Å². The predicted octanol–water partition coefficient (Wildman–Crippen LogP) is 0.939. The number of primary amides is 1. The van der Waals surface area contributed by atoms with E-state index in [0.717, 1.165) is 12.1 Å². The number of hydrogen-bond acceptors (Lipinski definition) is 5. The van der Waals surface area contributed by atoms with E-state index >= 15 is 0 Å². The summed E-state index contributed by atoms with van der Waals surface area (Å²) >= 11 is 0. The van der Waals surface area contributed by atoms with E-state index in [1.807, 2.05) is 31.3 Å². The first-order chi connectivity index (χ1) is 9.97. The zero-order valence-electron chi connectivity index (χ0n) is 12.4. The third-order valence-electron chi connectivity index (χ3n) is 2.82. The summed E-state index contributed by atoms with van der Waals surface area (Å²) in [4.78, 5) is 22.0. The summed E-state index contributed by atoms with van der Waals surface area (Å²) < 4.78 is 10.6. The van der Waals surface area contributed by atoms with Gasteiger partial charge in [-0.25, -0.2) is 4.79 Å². The third kappa shape index (κ3) is 5.31. The molecule has 0 saturated carbocycles. The standard InChI is InChI=1S/C14H21N3O4/c1-4-16-9(2)11-6-5-10(20-3)7-12(11)21-8-13(18)17-14(15)19/h5-7,9,16H,4,8H2,1-3H3,(H3,15,17,18,19). The zero-order chi connectivity index (χ0) is 15.8. The van der Waals surface area contributed by atoms with Crippen molar-refractivity contribution in [3.63, 3.8) is 0 Å². The Bertz CT molecular complexity index is 505. The van der Waals surface area contributed by atoms with Crippen LogP contribution in [0.15, 0.2) is 18.2 Å². The molecule has 0 saturated heterocycles. The van der Waals surface area contributed by atoms with Gasteiger partial charge in [-0.05, 0) is 19.5 Å². The number of urea groups is 1. The van der Waals surface area contributed by atoms with E-state index in [0.29, 0.717) is 11.5 Å². The maximum Gasteiger partial charge on any atom is 0.318 e. The molecule has 116 valence electrons. The van der Waals surface area contributed by atoms with Crippen LogP contribution in [0.3, 0.4) is 0 Å². The molecule has 0 aromatic heterocycles. The molecular formula is C14H21N3O4. The Labute approximate surface area is 123 Å². The number of rotatable bonds is 7. The number of amides is 3. The lowest BCUT2D eigenvalue weighted by Crippen LogP contribution is -2.38. The van der Waals surface area contributed by atoms with Gasteiger partial charge in [0.15, 0.2) is 6.61 Å². The Morgan fingerprint density at radius 2 is 2.10 bits per heavy atom. The van der Waals surface area contributed by atoms with E-state index in [1.165, 1.54) is 0 Å². The van der Waals surface area contributed by atoms with E-state index in [9.17, 15) is 9.59 Å². The van der Waals surface area contributed by atoms with E-state index in [-0.39, 0.29) is 12.6 Å². The number of hydrogen-bond donors (Lipinski definition) is 3. The van der Waals surface area contributed by atoms with Crippen molar-refractivity contribution in [1.82, 2.24) is 10.6 Å². The Morgan fingerprint density at radius 3 is 2.67 bits per heavy atom. The van der Waals surface area contributed by atoms with Crippen LogP contribution in [-0.4, -0.2) is 32.2 Å². The van der Waals surface area contributed by atoms with Crippen molar-refractivity contribution in [1.29, 1.82) is 0 Å². The lowest BCUT2D eigenvalue weighted by molar-refractivity contribution is -0.121. The molecule has 3 amide bonds. The number of nitrogens with two attached hydrogens (primary N) is 1. The molecule has 0 aliphatic carbocycles. The summed E-state index contributed by atoms with van der Waals surface area (Å²) in [5.41, 5.74) is 5.76. The molecule has 0 aliphatic heterocycles. The second-order valence-electron chi connectivity index (χ2n) is 4.38. The van der Waals surface area contributed by atoms with E-state index in [2.05, 4.69) is 5.32 Å². The van der Waals surface area contributed by atoms with Crippen LogP contribution in [0, 0.1) is 0 Å². The van der Waals surface area contributed by atoms with Crippen LogP contribution >= 0.6 is 0 Å². The molecule has 1 aromatic carbocycles. The molecule has 1 aromatic rings. The van der Waals surface area contributed by atoms with Gasteiger partial charge in [0.2, 0.25) is 0 Å². The summed E-state index contributed by atoms with van der Waals surface area (Å²) in [6.07, 6.45) is 0. The van der Waals surface area contributed by atoms with Gasteiger partial charge < -0.3 is 20.5 Å². The van der Waals surface area contributed by atoms with Crippen LogP contribution < -0.4 is 25.8 Å². The van der Waals surface area contributed by atoms with Gasteiger partial charge in [-0.2, -0.15) is 0 Å². The molecule has 0 spiro atoms. The van der Waals surface area contributed by atoms with Crippen molar-refractivity contribution < 1.29 is 19.1 Å². The fraction of sp³-hybridized carbons (Fsp3) is 0.429. The largest absolute Gasteiger partial charge is 0.497 e. The smallest absolute Gasteiger partial charge is 0.318 e. The summed E-state index contributed by atoms with van der Waals surface area (Å²) in [5.74, 6) is 0.530. The first-order valence-electron chi connectivity index (χ1n) is 6.61. The minimum Gasteiger partial charge on any atom is -0.497 e. The second kappa shape index (κ2) is 8.11. The summed E-state index contributed by atoms with van der Waals surface area (Å²) in [6, 6.07) is 4.53. The number of benzene rings is 1. The van der Waals surface area contributed by atoms with Crippen LogP contribution in [0.5, 0.6) is 11.5 Å². The van der Waals surface area contributed by atoms with E-state index < -0.39 is 11.9 Å². The van der Waals surface area contributed by atoms with Gasteiger partial charge in [-0.15, -0.1) is 0 Å². The van der Waals surface area contributed by atoms with Crippen molar-refractivity contribution in [2.75, 3.05) is 20.3 Å². The van der Waals surface area contributed by atoms with Crippen LogP contribution in [-0.2, 0) is 4.79 Å².